The maximum Gasteiger partial charge on any atom is 0.269 e. The van der Waals surface area contributed by atoms with E-state index in [0.717, 1.165) is 21.9 Å². The van der Waals surface area contributed by atoms with Crippen LogP contribution in [0.3, 0.4) is 0 Å². The number of halogens is 1. The SMILES string of the molecule is Cc1ccc(CNC(=O)c2cc(-c3cccs3)nn2Cc2ccc(F)cc2)o1. The summed E-state index contributed by atoms with van der Waals surface area (Å²) in [5.41, 5.74) is 2.03. The van der Waals surface area contributed by atoms with E-state index in [1.807, 2.05) is 36.6 Å². The molecule has 0 aliphatic heterocycles. The minimum atomic E-state index is -0.296. The largest absolute Gasteiger partial charge is 0.465 e. The lowest BCUT2D eigenvalue weighted by molar-refractivity contribution is 0.0937. The Bertz CT molecular complexity index is 1080. The van der Waals surface area contributed by atoms with Crippen LogP contribution < -0.4 is 5.32 Å². The van der Waals surface area contributed by atoms with Crippen molar-refractivity contribution in [3.63, 3.8) is 0 Å². The summed E-state index contributed by atoms with van der Waals surface area (Å²) in [7, 11) is 0. The van der Waals surface area contributed by atoms with Crippen molar-refractivity contribution in [2.24, 2.45) is 0 Å². The Morgan fingerprint density at radius 2 is 2.04 bits per heavy atom. The number of rotatable bonds is 6. The number of nitrogens with zero attached hydrogens (tertiary/aromatic N) is 2. The number of amides is 1. The van der Waals surface area contributed by atoms with Gasteiger partial charge >= 0.3 is 0 Å². The molecule has 3 heterocycles. The maximum absolute atomic E-state index is 13.2. The van der Waals surface area contributed by atoms with Crippen LogP contribution in [0.25, 0.3) is 10.6 Å². The zero-order valence-electron chi connectivity index (χ0n) is 15.2. The molecule has 0 spiro atoms. The molecule has 1 N–H and O–H groups in total. The third-order valence-corrected chi connectivity index (χ3v) is 5.14. The van der Waals surface area contributed by atoms with Gasteiger partial charge in [-0.15, -0.1) is 11.3 Å². The molecule has 4 rings (SSSR count). The fourth-order valence-electron chi connectivity index (χ4n) is 2.87. The summed E-state index contributed by atoms with van der Waals surface area (Å²) in [6, 6.07) is 15.6. The van der Waals surface area contributed by atoms with E-state index in [4.69, 9.17) is 4.42 Å². The molecule has 0 unspecified atom stereocenters. The smallest absolute Gasteiger partial charge is 0.269 e. The quantitative estimate of drug-likeness (QED) is 0.518. The van der Waals surface area contributed by atoms with Gasteiger partial charge in [-0.1, -0.05) is 18.2 Å². The van der Waals surface area contributed by atoms with Crippen molar-refractivity contribution in [2.75, 3.05) is 0 Å². The number of thiophene rings is 1. The normalized spacial score (nSPS) is 10.9. The number of nitrogens with one attached hydrogen (secondary N) is 1. The molecule has 0 saturated heterocycles. The summed E-state index contributed by atoms with van der Waals surface area (Å²) in [6.45, 7) is 2.52. The molecule has 1 amide bonds. The summed E-state index contributed by atoms with van der Waals surface area (Å²) in [5, 5.41) is 9.44. The van der Waals surface area contributed by atoms with Crippen LogP contribution in [0.4, 0.5) is 4.39 Å². The van der Waals surface area contributed by atoms with E-state index in [2.05, 4.69) is 10.4 Å². The molecule has 3 aromatic heterocycles. The Morgan fingerprint density at radius 3 is 2.71 bits per heavy atom. The van der Waals surface area contributed by atoms with Crippen LogP contribution in [0.5, 0.6) is 0 Å². The third kappa shape index (κ3) is 4.04. The van der Waals surface area contributed by atoms with Gasteiger partial charge in [-0.05, 0) is 54.3 Å². The first-order valence-electron chi connectivity index (χ1n) is 8.78. The second kappa shape index (κ2) is 7.82. The summed E-state index contributed by atoms with van der Waals surface area (Å²) in [6.07, 6.45) is 0. The Balaban J connectivity index is 1.59. The third-order valence-electron chi connectivity index (χ3n) is 4.25. The minimum absolute atomic E-state index is 0.244. The van der Waals surface area contributed by atoms with Gasteiger partial charge in [0.05, 0.1) is 18.0 Å². The van der Waals surface area contributed by atoms with E-state index in [9.17, 15) is 9.18 Å². The van der Waals surface area contributed by atoms with Gasteiger partial charge in [-0.25, -0.2) is 4.39 Å². The number of aryl methyl sites for hydroxylation is 1. The van der Waals surface area contributed by atoms with E-state index in [-0.39, 0.29) is 11.7 Å². The van der Waals surface area contributed by atoms with Gasteiger partial charge in [0.1, 0.15) is 28.7 Å². The van der Waals surface area contributed by atoms with Crippen LogP contribution in [-0.2, 0) is 13.1 Å². The minimum Gasteiger partial charge on any atom is -0.465 e. The molecule has 0 aliphatic carbocycles. The molecular formula is C21H18FN3O2S. The van der Waals surface area contributed by atoms with Gasteiger partial charge in [-0.2, -0.15) is 5.10 Å². The number of benzene rings is 1. The van der Waals surface area contributed by atoms with Crippen molar-refractivity contribution in [3.8, 4) is 10.6 Å². The first kappa shape index (κ1) is 18.2. The average Bonchev–Trinajstić information content (AvgIpc) is 3.42. The van der Waals surface area contributed by atoms with Crippen LogP contribution in [0.15, 0.2) is 64.4 Å². The van der Waals surface area contributed by atoms with Crippen molar-refractivity contribution in [3.05, 3.63) is 88.6 Å². The predicted molar refractivity (Wildman–Crippen MR) is 106 cm³/mol. The highest BCUT2D eigenvalue weighted by atomic mass is 32.1. The predicted octanol–water partition coefficient (Wildman–Crippen LogP) is 4.63. The monoisotopic (exact) mass is 395 g/mol. The number of hydrogen-bond acceptors (Lipinski definition) is 4. The Labute approximate surface area is 165 Å². The fourth-order valence-corrected chi connectivity index (χ4v) is 3.55. The summed E-state index contributed by atoms with van der Waals surface area (Å²) in [4.78, 5) is 13.8. The van der Waals surface area contributed by atoms with E-state index in [1.165, 1.54) is 12.1 Å². The van der Waals surface area contributed by atoms with Gasteiger partial charge in [0, 0.05) is 0 Å². The molecule has 0 fully saturated rings. The second-order valence-corrected chi connectivity index (χ2v) is 7.32. The standard InChI is InChI=1S/C21H18FN3O2S/c1-14-4-9-17(27-14)12-23-21(26)19-11-18(20-3-2-10-28-20)24-25(19)13-15-5-7-16(22)8-6-15/h2-11H,12-13H2,1H3,(H,23,26). The summed E-state index contributed by atoms with van der Waals surface area (Å²) >= 11 is 1.56. The molecule has 0 aliphatic rings. The summed E-state index contributed by atoms with van der Waals surface area (Å²) in [5.74, 6) is 0.946. The first-order valence-corrected chi connectivity index (χ1v) is 9.66. The lowest BCUT2D eigenvalue weighted by atomic mass is 10.2. The highest BCUT2D eigenvalue weighted by molar-refractivity contribution is 7.13. The zero-order valence-corrected chi connectivity index (χ0v) is 16.0. The van der Waals surface area contributed by atoms with Gasteiger partial charge in [-0.3, -0.25) is 9.48 Å². The van der Waals surface area contributed by atoms with E-state index in [0.29, 0.717) is 24.5 Å². The van der Waals surface area contributed by atoms with E-state index >= 15 is 0 Å². The van der Waals surface area contributed by atoms with E-state index < -0.39 is 0 Å². The molecule has 0 saturated carbocycles. The van der Waals surface area contributed by atoms with Crippen LogP contribution in [0, 0.1) is 12.7 Å². The van der Waals surface area contributed by atoms with Gasteiger partial charge in [0.15, 0.2) is 0 Å². The molecule has 28 heavy (non-hydrogen) atoms. The number of furan rings is 1. The second-order valence-electron chi connectivity index (χ2n) is 6.37. The fraction of sp³-hybridized carbons (Fsp3) is 0.143. The summed E-state index contributed by atoms with van der Waals surface area (Å²) < 4.78 is 20.3. The average molecular weight is 395 g/mol. The molecule has 0 bridgehead atoms. The van der Waals surface area contributed by atoms with E-state index in [1.54, 1.807) is 34.2 Å². The number of hydrogen-bond donors (Lipinski definition) is 1. The molecule has 142 valence electrons. The van der Waals surface area contributed by atoms with Crippen LogP contribution in [-0.4, -0.2) is 15.7 Å². The van der Waals surface area contributed by atoms with Crippen LogP contribution >= 0.6 is 11.3 Å². The van der Waals surface area contributed by atoms with Gasteiger partial charge in [0.25, 0.3) is 5.91 Å². The maximum atomic E-state index is 13.2. The molecular weight excluding hydrogens is 377 g/mol. The molecule has 0 atom stereocenters. The molecule has 5 nitrogen and oxygen atoms in total. The zero-order chi connectivity index (χ0) is 19.5. The van der Waals surface area contributed by atoms with Gasteiger partial charge < -0.3 is 9.73 Å². The number of carbonyl (C=O) groups excluding carboxylic acids is 1. The highest BCUT2D eigenvalue weighted by Crippen LogP contribution is 2.24. The van der Waals surface area contributed by atoms with Crippen LogP contribution in [0.2, 0.25) is 0 Å². The number of carbonyl (C=O) groups is 1. The molecule has 4 aromatic rings. The molecule has 7 heteroatoms. The van der Waals surface area contributed by atoms with Gasteiger partial charge in [0.2, 0.25) is 0 Å². The van der Waals surface area contributed by atoms with Crippen molar-refractivity contribution in [1.29, 1.82) is 0 Å². The van der Waals surface area contributed by atoms with Crippen molar-refractivity contribution >= 4 is 17.2 Å². The van der Waals surface area contributed by atoms with Crippen LogP contribution in [0.1, 0.15) is 27.6 Å². The molecule has 1 aromatic carbocycles. The van der Waals surface area contributed by atoms with Crippen molar-refractivity contribution < 1.29 is 13.6 Å². The number of aromatic nitrogens is 2. The Morgan fingerprint density at radius 1 is 1.21 bits per heavy atom. The lowest BCUT2D eigenvalue weighted by Gasteiger charge is -2.08. The van der Waals surface area contributed by atoms with Crippen molar-refractivity contribution in [1.82, 2.24) is 15.1 Å². The first-order chi connectivity index (χ1) is 13.6. The highest BCUT2D eigenvalue weighted by Gasteiger charge is 2.17. The Kier molecular flexibility index (Phi) is 5.08. The lowest BCUT2D eigenvalue weighted by Crippen LogP contribution is -2.25. The topological polar surface area (TPSA) is 60.1 Å². The Hall–Kier alpha value is -3.19. The molecule has 0 radical (unpaired) electrons. The van der Waals surface area contributed by atoms with Crippen molar-refractivity contribution in [2.45, 2.75) is 20.0 Å².